The first-order valence-electron chi connectivity index (χ1n) is 13.8. The minimum absolute atomic E-state index is 0.409. The van der Waals surface area contributed by atoms with Crippen LogP contribution in [0.15, 0.2) is 84.2 Å². The number of anilines is 1. The molecule has 1 aliphatic heterocycles. The molecule has 6 rings (SSSR count). The lowest BCUT2D eigenvalue weighted by Gasteiger charge is -2.30. The molecule has 3 heterocycles. The largest absolute Gasteiger partial charge is 0.496 e. The van der Waals surface area contributed by atoms with Gasteiger partial charge in [0, 0.05) is 53.6 Å². The molecule has 0 aliphatic carbocycles. The van der Waals surface area contributed by atoms with Gasteiger partial charge >= 0.3 is 5.97 Å². The molecule has 0 saturated heterocycles. The summed E-state index contributed by atoms with van der Waals surface area (Å²) in [7, 11) is 1.61. The number of hydrogen-bond donors (Lipinski definition) is 1. The molecule has 1 amide bonds. The van der Waals surface area contributed by atoms with Crippen LogP contribution < -0.4 is 10.1 Å². The van der Waals surface area contributed by atoms with E-state index in [0.717, 1.165) is 47.2 Å². The number of nitrogens with one attached hydrogen (secondary N) is 1. The van der Waals surface area contributed by atoms with Gasteiger partial charge in [-0.25, -0.2) is 9.78 Å². The normalized spacial score (nSPS) is 13.8. The first-order valence-corrected chi connectivity index (χ1v) is 14.7. The predicted molar refractivity (Wildman–Crippen MR) is 164 cm³/mol. The topological polar surface area (TPSA) is 93.6 Å². The van der Waals surface area contributed by atoms with Crippen molar-refractivity contribution in [2.75, 3.05) is 19.0 Å². The van der Waals surface area contributed by atoms with Crippen molar-refractivity contribution in [1.29, 1.82) is 0 Å². The predicted octanol–water partition coefficient (Wildman–Crippen LogP) is 6.11. The molecular formula is C33H30N4O4S. The molecule has 0 saturated carbocycles. The molecular weight excluding hydrogens is 548 g/mol. The Morgan fingerprint density at radius 3 is 2.60 bits per heavy atom. The third kappa shape index (κ3) is 5.74. The Balaban J connectivity index is 1.21. The van der Waals surface area contributed by atoms with Crippen molar-refractivity contribution in [2.24, 2.45) is 0 Å². The van der Waals surface area contributed by atoms with E-state index in [9.17, 15) is 9.59 Å². The molecule has 2 aromatic heterocycles. The van der Waals surface area contributed by atoms with Crippen LogP contribution in [0, 0.1) is 0 Å². The van der Waals surface area contributed by atoms with Crippen molar-refractivity contribution in [3.05, 3.63) is 107 Å². The van der Waals surface area contributed by atoms with Gasteiger partial charge in [0.15, 0.2) is 11.2 Å². The van der Waals surface area contributed by atoms with Gasteiger partial charge < -0.3 is 9.47 Å². The summed E-state index contributed by atoms with van der Waals surface area (Å²) in [5.74, 6) is -0.302. The van der Waals surface area contributed by atoms with Crippen molar-refractivity contribution in [3.63, 3.8) is 0 Å². The van der Waals surface area contributed by atoms with Crippen molar-refractivity contribution in [1.82, 2.24) is 14.9 Å². The highest BCUT2D eigenvalue weighted by Crippen LogP contribution is 2.32. The van der Waals surface area contributed by atoms with Crippen molar-refractivity contribution < 1.29 is 19.1 Å². The first kappa shape index (κ1) is 27.6. The van der Waals surface area contributed by atoms with E-state index in [1.54, 1.807) is 14.0 Å². The van der Waals surface area contributed by atoms with Crippen LogP contribution in [0.3, 0.4) is 0 Å². The van der Waals surface area contributed by atoms with E-state index in [2.05, 4.69) is 27.3 Å². The maximum absolute atomic E-state index is 13.7. The molecule has 3 aromatic carbocycles. The number of ether oxygens (including phenoxy) is 2. The van der Waals surface area contributed by atoms with Gasteiger partial charge in [-0.2, -0.15) is 0 Å². The number of hydrogen-bond acceptors (Lipinski definition) is 8. The van der Waals surface area contributed by atoms with Gasteiger partial charge in [0.1, 0.15) is 5.75 Å². The lowest BCUT2D eigenvalue weighted by molar-refractivity contribution is -0.123. The first-order chi connectivity index (χ1) is 20.5. The lowest BCUT2D eigenvalue weighted by Crippen LogP contribution is -2.34. The second-order valence-corrected chi connectivity index (χ2v) is 11.0. The second kappa shape index (κ2) is 12.1. The Morgan fingerprint density at radius 1 is 1.00 bits per heavy atom. The number of rotatable bonds is 8. The molecule has 1 aliphatic rings. The Bertz CT molecular complexity index is 1750. The molecule has 42 heavy (non-hydrogen) atoms. The number of para-hydroxylation sites is 2. The van der Waals surface area contributed by atoms with Crippen LogP contribution >= 0.6 is 11.3 Å². The van der Waals surface area contributed by atoms with Crippen LogP contribution in [0.4, 0.5) is 5.13 Å². The Morgan fingerprint density at radius 2 is 1.76 bits per heavy atom. The number of thiazole rings is 1. The second-order valence-electron chi connectivity index (χ2n) is 10.2. The number of carbonyl (C=O) groups is 2. The van der Waals surface area contributed by atoms with E-state index in [-0.39, 0.29) is 0 Å². The number of carbonyl (C=O) groups excluding carboxylic acids is 2. The monoisotopic (exact) mass is 578 g/mol. The maximum atomic E-state index is 13.7. The number of esters is 1. The van der Waals surface area contributed by atoms with Crippen LogP contribution in [-0.4, -0.2) is 46.5 Å². The summed E-state index contributed by atoms with van der Waals surface area (Å²) in [5, 5.41) is 5.77. The van der Waals surface area contributed by atoms with Gasteiger partial charge in [0.25, 0.3) is 5.91 Å². The zero-order valence-corrected chi connectivity index (χ0v) is 24.2. The minimum atomic E-state index is -1.04. The Labute approximate surface area is 248 Å². The molecule has 212 valence electrons. The van der Waals surface area contributed by atoms with Gasteiger partial charge in [-0.3, -0.25) is 20.0 Å². The summed E-state index contributed by atoms with van der Waals surface area (Å²) < 4.78 is 11.2. The number of benzene rings is 3. The third-order valence-electron chi connectivity index (χ3n) is 7.35. The zero-order chi connectivity index (χ0) is 29.1. The van der Waals surface area contributed by atoms with Crippen LogP contribution in [-0.2, 0) is 29.0 Å². The standard InChI is InChI=1S/C33H30N4O4S/c1-21(31(38)36-33-35-28(20-42-33)23-12-7-9-15-29(23)40-2)41-32(39)30-24-13-6-8-14-26(24)34-27-16-17-37(19-25(27)30)18-22-10-4-3-5-11-22/h3-15,20-21H,16-19H2,1-2H3,(H,35,36,38). The van der Waals surface area contributed by atoms with Crippen LogP contribution in [0.5, 0.6) is 5.75 Å². The fraction of sp³-hybridized carbons (Fsp3) is 0.212. The van der Waals surface area contributed by atoms with E-state index in [1.165, 1.54) is 16.9 Å². The summed E-state index contributed by atoms with van der Waals surface area (Å²) in [6, 6.07) is 25.4. The minimum Gasteiger partial charge on any atom is -0.496 e. The van der Waals surface area contributed by atoms with E-state index < -0.39 is 18.0 Å². The summed E-state index contributed by atoms with van der Waals surface area (Å²) >= 11 is 1.29. The summed E-state index contributed by atoms with van der Waals surface area (Å²) in [6.45, 7) is 3.74. The number of fused-ring (bicyclic) bond motifs is 2. The van der Waals surface area contributed by atoms with Gasteiger partial charge in [-0.1, -0.05) is 60.7 Å². The molecule has 9 heteroatoms. The highest BCUT2D eigenvalue weighted by Gasteiger charge is 2.29. The molecule has 1 atom stereocenters. The highest BCUT2D eigenvalue weighted by atomic mass is 32.1. The average Bonchev–Trinajstić information content (AvgIpc) is 3.48. The molecule has 0 bridgehead atoms. The zero-order valence-electron chi connectivity index (χ0n) is 23.4. The van der Waals surface area contributed by atoms with Crippen LogP contribution in [0.1, 0.15) is 34.1 Å². The maximum Gasteiger partial charge on any atom is 0.339 e. The highest BCUT2D eigenvalue weighted by molar-refractivity contribution is 7.14. The average molecular weight is 579 g/mol. The number of pyridine rings is 1. The third-order valence-corrected chi connectivity index (χ3v) is 8.11. The van der Waals surface area contributed by atoms with Gasteiger partial charge in [-0.05, 0) is 30.7 Å². The Kier molecular flexibility index (Phi) is 7.94. The van der Waals surface area contributed by atoms with E-state index >= 15 is 0 Å². The van der Waals surface area contributed by atoms with Crippen molar-refractivity contribution in [2.45, 2.75) is 32.5 Å². The van der Waals surface area contributed by atoms with Crippen molar-refractivity contribution >= 4 is 39.2 Å². The molecule has 1 unspecified atom stereocenters. The number of aromatic nitrogens is 2. The van der Waals surface area contributed by atoms with Gasteiger partial charge in [0.05, 0.1) is 23.9 Å². The SMILES string of the molecule is COc1ccccc1-c1csc(NC(=O)C(C)OC(=O)c2c3c(nc4ccccc24)CCN(Cc2ccccc2)C3)n1. The fourth-order valence-corrected chi connectivity index (χ4v) is 5.96. The van der Waals surface area contributed by atoms with Crippen LogP contribution in [0.25, 0.3) is 22.2 Å². The number of nitrogens with zero attached hydrogens (tertiary/aromatic N) is 3. The summed E-state index contributed by atoms with van der Waals surface area (Å²) in [5.41, 5.74) is 5.69. The van der Waals surface area contributed by atoms with Gasteiger partial charge in [0.2, 0.25) is 0 Å². The number of methoxy groups -OCH3 is 1. The van der Waals surface area contributed by atoms with Gasteiger partial charge in [-0.15, -0.1) is 11.3 Å². The number of amides is 1. The molecule has 5 aromatic rings. The summed E-state index contributed by atoms with van der Waals surface area (Å²) in [4.78, 5) is 38.6. The molecule has 0 fully saturated rings. The van der Waals surface area contributed by atoms with E-state index in [4.69, 9.17) is 14.5 Å². The Hall–Kier alpha value is -4.60. The van der Waals surface area contributed by atoms with Crippen LogP contribution in [0.2, 0.25) is 0 Å². The molecule has 8 nitrogen and oxygen atoms in total. The molecule has 0 spiro atoms. The fourth-order valence-electron chi connectivity index (χ4n) is 5.25. The molecule has 1 N–H and O–H groups in total. The lowest BCUT2D eigenvalue weighted by atomic mass is 9.95. The van der Waals surface area contributed by atoms with E-state index in [1.807, 2.05) is 72.1 Å². The summed E-state index contributed by atoms with van der Waals surface area (Å²) in [6.07, 6.45) is -0.315. The molecule has 0 radical (unpaired) electrons. The van der Waals surface area contributed by atoms with Crippen molar-refractivity contribution in [3.8, 4) is 17.0 Å². The quantitative estimate of drug-likeness (QED) is 0.222. The smallest absolute Gasteiger partial charge is 0.339 e. The van der Waals surface area contributed by atoms with E-state index in [0.29, 0.717) is 28.7 Å².